The third kappa shape index (κ3) is 3.55. The Morgan fingerprint density at radius 3 is 2.42 bits per heavy atom. The average molecular weight is 336 g/mol. The van der Waals surface area contributed by atoms with Crippen molar-refractivity contribution in [1.29, 1.82) is 0 Å². The van der Waals surface area contributed by atoms with Crippen molar-refractivity contribution in [3.8, 4) is 0 Å². The van der Waals surface area contributed by atoms with Crippen molar-refractivity contribution in [2.75, 3.05) is 19.0 Å². The Bertz CT molecular complexity index is 599. The molecule has 2 rings (SSSR count). The second-order valence-electron chi connectivity index (χ2n) is 4.28. The zero-order valence-corrected chi connectivity index (χ0v) is 13.2. The van der Waals surface area contributed by atoms with Crippen molar-refractivity contribution in [2.24, 2.45) is 0 Å². The van der Waals surface area contributed by atoms with Gasteiger partial charge in [0.25, 0.3) is 0 Å². The highest BCUT2D eigenvalue weighted by Gasteiger charge is 2.07. The molecule has 1 heterocycles. The Balaban J connectivity index is 2.10. The highest BCUT2D eigenvalue weighted by molar-refractivity contribution is 9.10. The summed E-state index contributed by atoms with van der Waals surface area (Å²) in [7, 11) is 4.01. The normalized spacial score (nSPS) is 10.9. The molecule has 0 aliphatic heterocycles. The van der Waals surface area contributed by atoms with Gasteiger partial charge in [0.15, 0.2) is 5.78 Å². The van der Waals surface area contributed by atoms with Crippen LogP contribution in [0.15, 0.2) is 46.3 Å². The molecule has 2 aromatic rings. The number of ketones is 1. The van der Waals surface area contributed by atoms with Crippen molar-refractivity contribution in [2.45, 2.75) is 0 Å². The van der Waals surface area contributed by atoms with Gasteiger partial charge in [0.05, 0.1) is 4.88 Å². The highest BCUT2D eigenvalue weighted by atomic mass is 79.9. The summed E-state index contributed by atoms with van der Waals surface area (Å²) in [5, 5.41) is 1.90. The van der Waals surface area contributed by atoms with E-state index in [0.717, 1.165) is 20.6 Å². The summed E-state index contributed by atoms with van der Waals surface area (Å²) in [6.07, 6.45) is 3.45. The van der Waals surface area contributed by atoms with Gasteiger partial charge in [0, 0.05) is 24.3 Å². The molecule has 98 valence electrons. The van der Waals surface area contributed by atoms with E-state index in [1.807, 2.05) is 60.8 Å². The second kappa shape index (κ2) is 6.17. The van der Waals surface area contributed by atoms with Crippen LogP contribution in [0.3, 0.4) is 0 Å². The van der Waals surface area contributed by atoms with Gasteiger partial charge >= 0.3 is 0 Å². The summed E-state index contributed by atoms with van der Waals surface area (Å²) in [5.74, 6) is 0.0264. The second-order valence-corrected chi connectivity index (χ2v) is 6.05. The highest BCUT2D eigenvalue weighted by Crippen LogP contribution is 2.23. The first-order valence-electron chi connectivity index (χ1n) is 5.81. The van der Waals surface area contributed by atoms with Gasteiger partial charge < -0.3 is 4.90 Å². The molecule has 0 spiro atoms. The molecule has 2 nitrogen and oxygen atoms in total. The number of hydrogen-bond donors (Lipinski definition) is 0. The number of carbonyl (C=O) groups excluding carboxylic acids is 1. The van der Waals surface area contributed by atoms with Gasteiger partial charge in [-0.1, -0.05) is 18.2 Å². The maximum Gasteiger partial charge on any atom is 0.196 e. The summed E-state index contributed by atoms with van der Waals surface area (Å²) in [6, 6.07) is 9.96. The van der Waals surface area contributed by atoms with Gasteiger partial charge in [-0.2, -0.15) is 0 Å². The van der Waals surface area contributed by atoms with Crippen LogP contribution in [-0.2, 0) is 0 Å². The molecule has 0 bridgehead atoms. The number of benzene rings is 1. The van der Waals surface area contributed by atoms with E-state index in [-0.39, 0.29) is 5.78 Å². The SMILES string of the molecule is CN(C)c1ccc(C=CC(=O)c2sccc2Br)cc1. The molecular weight excluding hydrogens is 322 g/mol. The third-order valence-electron chi connectivity index (χ3n) is 2.68. The maximum atomic E-state index is 12.0. The lowest BCUT2D eigenvalue weighted by atomic mass is 10.1. The first-order valence-corrected chi connectivity index (χ1v) is 7.48. The molecule has 0 amide bonds. The lowest BCUT2D eigenvalue weighted by molar-refractivity contribution is 0.105. The Morgan fingerprint density at radius 1 is 1.21 bits per heavy atom. The molecule has 0 aliphatic carbocycles. The van der Waals surface area contributed by atoms with Crippen molar-refractivity contribution >= 4 is 44.8 Å². The standard InChI is InChI=1S/C15H14BrNOS/c1-17(2)12-6-3-11(4-7-12)5-8-14(18)15-13(16)9-10-19-15/h3-10H,1-2H3. The van der Waals surface area contributed by atoms with Crippen molar-refractivity contribution in [3.63, 3.8) is 0 Å². The Labute approximate surface area is 125 Å². The molecular formula is C15H14BrNOS. The van der Waals surface area contributed by atoms with Gasteiger partial charge in [-0.3, -0.25) is 4.79 Å². The smallest absolute Gasteiger partial charge is 0.196 e. The van der Waals surface area contributed by atoms with Gasteiger partial charge in [-0.15, -0.1) is 11.3 Å². The number of nitrogens with zero attached hydrogens (tertiary/aromatic N) is 1. The molecule has 19 heavy (non-hydrogen) atoms. The molecule has 1 aromatic heterocycles. The number of halogens is 1. The fourth-order valence-corrected chi connectivity index (χ4v) is 3.09. The summed E-state index contributed by atoms with van der Waals surface area (Å²) >= 11 is 4.81. The molecule has 0 radical (unpaired) electrons. The van der Waals surface area contributed by atoms with Gasteiger partial charge in [0.1, 0.15) is 0 Å². The molecule has 0 saturated carbocycles. The van der Waals surface area contributed by atoms with Crippen LogP contribution in [0, 0.1) is 0 Å². The third-order valence-corrected chi connectivity index (χ3v) is 4.53. The van der Waals surface area contributed by atoms with Gasteiger partial charge in [0.2, 0.25) is 0 Å². The Hall–Kier alpha value is -1.39. The minimum atomic E-state index is 0.0264. The van der Waals surface area contributed by atoms with Gasteiger partial charge in [-0.05, 0) is 51.1 Å². The molecule has 0 saturated heterocycles. The predicted octanol–water partition coefficient (Wildman–Crippen LogP) is 4.47. The number of allylic oxidation sites excluding steroid dienone is 1. The van der Waals surface area contributed by atoms with E-state index in [4.69, 9.17) is 0 Å². The predicted molar refractivity (Wildman–Crippen MR) is 86.2 cm³/mol. The molecule has 0 unspecified atom stereocenters. The summed E-state index contributed by atoms with van der Waals surface area (Å²) < 4.78 is 0.857. The molecule has 0 aliphatic rings. The lowest BCUT2D eigenvalue weighted by Crippen LogP contribution is -2.07. The Kier molecular flexibility index (Phi) is 4.56. The first kappa shape index (κ1) is 14.0. The topological polar surface area (TPSA) is 20.3 Å². The zero-order valence-electron chi connectivity index (χ0n) is 10.8. The Morgan fingerprint density at radius 2 is 1.89 bits per heavy atom. The summed E-state index contributed by atoms with van der Waals surface area (Å²) in [4.78, 5) is 14.7. The van der Waals surface area contributed by atoms with Crippen LogP contribution in [0.1, 0.15) is 15.2 Å². The van der Waals surface area contributed by atoms with Crippen LogP contribution in [-0.4, -0.2) is 19.9 Å². The van der Waals surface area contributed by atoms with E-state index in [1.165, 1.54) is 11.3 Å². The van der Waals surface area contributed by atoms with E-state index in [9.17, 15) is 4.79 Å². The molecule has 1 aromatic carbocycles. The fraction of sp³-hybridized carbons (Fsp3) is 0.133. The number of anilines is 1. The van der Waals surface area contributed by atoms with Crippen LogP contribution in [0.4, 0.5) is 5.69 Å². The maximum absolute atomic E-state index is 12.0. The van der Waals surface area contributed by atoms with Crippen LogP contribution >= 0.6 is 27.3 Å². The van der Waals surface area contributed by atoms with E-state index in [1.54, 1.807) is 6.08 Å². The number of rotatable bonds is 4. The first-order chi connectivity index (χ1) is 9.08. The number of thiophene rings is 1. The average Bonchev–Trinajstić information content (AvgIpc) is 2.83. The van der Waals surface area contributed by atoms with Gasteiger partial charge in [-0.25, -0.2) is 0 Å². The van der Waals surface area contributed by atoms with E-state index in [2.05, 4.69) is 15.9 Å². The number of hydrogen-bond acceptors (Lipinski definition) is 3. The van der Waals surface area contributed by atoms with Crippen LogP contribution in [0.25, 0.3) is 6.08 Å². The fourth-order valence-electron chi connectivity index (χ4n) is 1.60. The molecule has 4 heteroatoms. The largest absolute Gasteiger partial charge is 0.378 e. The summed E-state index contributed by atoms with van der Waals surface area (Å²) in [5.41, 5.74) is 2.16. The van der Waals surface area contributed by atoms with Crippen molar-refractivity contribution < 1.29 is 4.79 Å². The molecule has 0 atom stereocenters. The molecule has 0 N–H and O–H groups in total. The number of carbonyl (C=O) groups is 1. The molecule has 0 fully saturated rings. The summed E-state index contributed by atoms with van der Waals surface area (Å²) in [6.45, 7) is 0. The van der Waals surface area contributed by atoms with Crippen LogP contribution in [0.2, 0.25) is 0 Å². The lowest BCUT2D eigenvalue weighted by Gasteiger charge is -2.11. The monoisotopic (exact) mass is 335 g/mol. The quantitative estimate of drug-likeness (QED) is 0.606. The minimum absolute atomic E-state index is 0.0264. The van der Waals surface area contributed by atoms with E-state index < -0.39 is 0 Å². The van der Waals surface area contributed by atoms with E-state index >= 15 is 0 Å². The van der Waals surface area contributed by atoms with Crippen molar-refractivity contribution in [3.05, 3.63) is 56.7 Å². The zero-order chi connectivity index (χ0) is 13.8. The van der Waals surface area contributed by atoms with Crippen LogP contribution < -0.4 is 4.90 Å². The van der Waals surface area contributed by atoms with Crippen LogP contribution in [0.5, 0.6) is 0 Å². The minimum Gasteiger partial charge on any atom is -0.378 e. The van der Waals surface area contributed by atoms with Crippen molar-refractivity contribution in [1.82, 2.24) is 0 Å². The van der Waals surface area contributed by atoms with E-state index in [0.29, 0.717) is 0 Å².